The second-order valence-corrected chi connectivity index (χ2v) is 7.47. The van der Waals surface area contributed by atoms with Crippen LogP contribution >= 0.6 is 11.3 Å². The molecule has 0 unspecified atom stereocenters. The van der Waals surface area contributed by atoms with Gasteiger partial charge in [-0.1, -0.05) is 25.3 Å². The average Bonchev–Trinajstić information content (AvgIpc) is 3.02. The molecule has 1 saturated heterocycles. The first kappa shape index (κ1) is 15.0. The van der Waals surface area contributed by atoms with Crippen LogP contribution in [0.25, 0.3) is 0 Å². The Bertz CT molecular complexity index is 443. The summed E-state index contributed by atoms with van der Waals surface area (Å²) >= 11 is 1.80. The van der Waals surface area contributed by atoms with Gasteiger partial charge in [-0.05, 0) is 37.1 Å². The zero-order chi connectivity index (χ0) is 14.5. The van der Waals surface area contributed by atoms with Gasteiger partial charge in [-0.15, -0.1) is 11.3 Å². The van der Waals surface area contributed by atoms with Gasteiger partial charge in [0.1, 0.15) is 0 Å². The molecule has 2 aliphatic rings. The van der Waals surface area contributed by atoms with E-state index >= 15 is 0 Å². The lowest BCUT2D eigenvalue weighted by molar-refractivity contribution is -0.141. The fourth-order valence-corrected chi connectivity index (χ4v) is 4.65. The summed E-state index contributed by atoms with van der Waals surface area (Å²) in [5.41, 5.74) is 0.135. The second kappa shape index (κ2) is 6.93. The quantitative estimate of drug-likeness (QED) is 0.926. The van der Waals surface area contributed by atoms with E-state index in [0.717, 1.165) is 32.5 Å². The van der Waals surface area contributed by atoms with Gasteiger partial charge in [-0.3, -0.25) is 4.79 Å². The molecule has 1 aliphatic heterocycles. The van der Waals surface area contributed by atoms with Gasteiger partial charge < -0.3 is 10.2 Å². The minimum atomic E-state index is 0.135. The Morgan fingerprint density at radius 3 is 2.95 bits per heavy atom. The molecule has 0 aromatic carbocycles. The molecule has 1 aliphatic carbocycles. The van der Waals surface area contributed by atoms with Crippen LogP contribution in [0.4, 0.5) is 0 Å². The van der Waals surface area contributed by atoms with Crippen molar-refractivity contribution in [2.75, 3.05) is 19.6 Å². The number of thiophene rings is 1. The van der Waals surface area contributed by atoms with E-state index in [2.05, 4.69) is 27.7 Å². The Labute approximate surface area is 131 Å². The highest BCUT2D eigenvalue weighted by molar-refractivity contribution is 7.09. The minimum absolute atomic E-state index is 0.135. The van der Waals surface area contributed by atoms with Crippen LogP contribution in [0.3, 0.4) is 0 Å². The molecular formula is C17H26N2OS. The van der Waals surface area contributed by atoms with Crippen LogP contribution in [0.1, 0.15) is 49.8 Å². The highest BCUT2D eigenvalue weighted by Gasteiger charge is 2.41. The standard InChI is InChI=1S/C17H26N2OS/c20-16(8-4-6-15-7-5-13-21-15)19-12-11-18-14-17(19)9-2-1-3-10-17/h5,7,13,18H,1-4,6,8-12,14H2. The summed E-state index contributed by atoms with van der Waals surface area (Å²) in [5, 5.41) is 5.63. The van der Waals surface area contributed by atoms with Gasteiger partial charge in [0, 0.05) is 30.9 Å². The molecule has 3 rings (SSSR count). The summed E-state index contributed by atoms with van der Waals surface area (Å²) < 4.78 is 0. The molecule has 1 aromatic rings. The number of nitrogens with one attached hydrogen (secondary N) is 1. The first-order chi connectivity index (χ1) is 10.3. The molecule has 2 heterocycles. The third-order valence-electron chi connectivity index (χ3n) is 5.02. The van der Waals surface area contributed by atoms with Crippen molar-refractivity contribution in [1.82, 2.24) is 10.2 Å². The number of nitrogens with zero attached hydrogens (tertiary/aromatic N) is 1. The van der Waals surface area contributed by atoms with Crippen LogP contribution in [-0.4, -0.2) is 36.0 Å². The summed E-state index contributed by atoms with van der Waals surface area (Å²) in [6.07, 6.45) is 9.01. The average molecular weight is 306 g/mol. The first-order valence-corrected chi connectivity index (χ1v) is 9.22. The monoisotopic (exact) mass is 306 g/mol. The van der Waals surface area contributed by atoms with E-state index in [0.29, 0.717) is 12.3 Å². The predicted molar refractivity (Wildman–Crippen MR) is 87.7 cm³/mol. The van der Waals surface area contributed by atoms with Gasteiger partial charge in [-0.2, -0.15) is 0 Å². The Morgan fingerprint density at radius 1 is 1.33 bits per heavy atom. The lowest BCUT2D eigenvalue weighted by atomic mass is 9.79. The number of rotatable bonds is 4. The van der Waals surface area contributed by atoms with Gasteiger partial charge in [0.2, 0.25) is 5.91 Å². The highest BCUT2D eigenvalue weighted by atomic mass is 32.1. The third kappa shape index (κ3) is 3.49. The Hall–Kier alpha value is -0.870. The van der Waals surface area contributed by atoms with Crippen LogP contribution in [0.15, 0.2) is 17.5 Å². The molecule has 2 fully saturated rings. The number of hydrogen-bond acceptors (Lipinski definition) is 3. The van der Waals surface area contributed by atoms with Crippen LogP contribution < -0.4 is 5.32 Å². The fourth-order valence-electron chi connectivity index (χ4n) is 3.89. The van der Waals surface area contributed by atoms with Crippen molar-refractivity contribution in [2.45, 2.75) is 56.9 Å². The van der Waals surface area contributed by atoms with Crippen molar-refractivity contribution in [2.24, 2.45) is 0 Å². The van der Waals surface area contributed by atoms with Crippen molar-refractivity contribution in [3.05, 3.63) is 22.4 Å². The normalized spacial score (nSPS) is 21.6. The summed E-state index contributed by atoms with van der Waals surface area (Å²) in [5.74, 6) is 0.384. The van der Waals surface area contributed by atoms with Crippen LogP contribution in [0, 0.1) is 0 Å². The number of hydrogen-bond donors (Lipinski definition) is 1. The fraction of sp³-hybridized carbons (Fsp3) is 0.706. The Kier molecular flexibility index (Phi) is 4.96. The van der Waals surface area contributed by atoms with Gasteiger partial charge in [0.15, 0.2) is 0 Å². The summed E-state index contributed by atoms with van der Waals surface area (Å²) in [7, 11) is 0. The maximum atomic E-state index is 12.7. The van der Waals surface area contributed by atoms with Crippen molar-refractivity contribution in [3.8, 4) is 0 Å². The van der Waals surface area contributed by atoms with E-state index in [1.807, 2.05) is 0 Å². The van der Waals surface area contributed by atoms with Crippen molar-refractivity contribution < 1.29 is 4.79 Å². The molecular weight excluding hydrogens is 280 g/mol. The van der Waals surface area contributed by atoms with Crippen LogP contribution in [0.2, 0.25) is 0 Å². The molecule has 21 heavy (non-hydrogen) atoms. The van der Waals surface area contributed by atoms with E-state index in [1.54, 1.807) is 11.3 Å². The number of carbonyl (C=O) groups is 1. The molecule has 1 spiro atoms. The van der Waals surface area contributed by atoms with Gasteiger partial charge in [0.05, 0.1) is 5.54 Å². The van der Waals surface area contributed by atoms with E-state index in [-0.39, 0.29) is 5.54 Å². The zero-order valence-electron chi connectivity index (χ0n) is 12.8. The molecule has 1 aromatic heterocycles. The van der Waals surface area contributed by atoms with E-state index in [9.17, 15) is 4.79 Å². The Morgan fingerprint density at radius 2 is 2.19 bits per heavy atom. The molecule has 0 bridgehead atoms. The second-order valence-electron chi connectivity index (χ2n) is 6.44. The van der Waals surface area contributed by atoms with Gasteiger partial charge in [0.25, 0.3) is 0 Å². The molecule has 1 amide bonds. The lowest BCUT2D eigenvalue weighted by Gasteiger charge is -2.50. The zero-order valence-corrected chi connectivity index (χ0v) is 13.6. The number of piperazine rings is 1. The SMILES string of the molecule is O=C(CCCc1cccs1)N1CCNCC12CCCCC2. The summed E-state index contributed by atoms with van der Waals surface area (Å²) in [6.45, 7) is 2.86. The van der Waals surface area contributed by atoms with Gasteiger partial charge in [-0.25, -0.2) is 0 Å². The van der Waals surface area contributed by atoms with Crippen molar-refractivity contribution in [3.63, 3.8) is 0 Å². The topological polar surface area (TPSA) is 32.3 Å². The molecule has 0 radical (unpaired) electrons. The third-order valence-corrected chi connectivity index (χ3v) is 5.95. The predicted octanol–water partition coefficient (Wildman–Crippen LogP) is 3.21. The van der Waals surface area contributed by atoms with E-state index < -0.39 is 0 Å². The van der Waals surface area contributed by atoms with E-state index in [1.165, 1.54) is 37.0 Å². The smallest absolute Gasteiger partial charge is 0.223 e. The van der Waals surface area contributed by atoms with Gasteiger partial charge >= 0.3 is 0 Å². The highest BCUT2D eigenvalue weighted by Crippen LogP contribution is 2.35. The Balaban J connectivity index is 1.56. The van der Waals surface area contributed by atoms with Crippen LogP contribution in [-0.2, 0) is 11.2 Å². The first-order valence-electron chi connectivity index (χ1n) is 8.34. The maximum Gasteiger partial charge on any atom is 0.223 e. The minimum Gasteiger partial charge on any atom is -0.334 e. The largest absolute Gasteiger partial charge is 0.334 e. The van der Waals surface area contributed by atoms with Crippen LogP contribution in [0.5, 0.6) is 0 Å². The molecule has 4 heteroatoms. The van der Waals surface area contributed by atoms with E-state index in [4.69, 9.17) is 0 Å². The summed E-state index contributed by atoms with van der Waals surface area (Å²) in [6, 6.07) is 4.26. The summed E-state index contributed by atoms with van der Waals surface area (Å²) in [4.78, 5) is 16.3. The molecule has 0 atom stereocenters. The van der Waals surface area contributed by atoms with Crippen molar-refractivity contribution >= 4 is 17.2 Å². The lowest BCUT2D eigenvalue weighted by Crippen LogP contribution is -2.63. The number of aryl methyl sites for hydroxylation is 1. The molecule has 116 valence electrons. The number of amides is 1. The molecule has 3 nitrogen and oxygen atoms in total. The molecule has 1 saturated carbocycles. The molecule has 1 N–H and O–H groups in total. The maximum absolute atomic E-state index is 12.7. The number of carbonyl (C=O) groups excluding carboxylic acids is 1. The van der Waals surface area contributed by atoms with Crippen molar-refractivity contribution in [1.29, 1.82) is 0 Å².